The van der Waals surface area contributed by atoms with Crippen LogP contribution >= 0.6 is 0 Å². The van der Waals surface area contributed by atoms with Gasteiger partial charge in [0, 0.05) is 31.3 Å². The van der Waals surface area contributed by atoms with Gasteiger partial charge in [-0.3, -0.25) is 4.79 Å². The number of anilines is 2. The quantitative estimate of drug-likeness (QED) is 0.121. The summed E-state index contributed by atoms with van der Waals surface area (Å²) in [6, 6.07) is 30.4. The van der Waals surface area contributed by atoms with Crippen LogP contribution in [0.3, 0.4) is 0 Å². The molecule has 5 aromatic carbocycles. The van der Waals surface area contributed by atoms with Crippen LogP contribution < -0.4 is 19.7 Å². The maximum absolute atomic E-state index is 14.3. The van der Waals surface area contributed by atoms with Crippen molar-refractivity contribution >= 4 is 34.0 Å². The standard InChI is InChI=1S/C39H37F3N2O6/c1-38(2,37(46)47)50-29-17-15-26(16-18-29)25-44(21-22-48-3)34-13-7-5-10-28(34)23-36(45)43-33-20-19-30(24-32(33)39(40,41)42)49-35-14-8-11-27-9-4-6-12-31(27)35/h4-20,24H,21-23,25H2,1-3H3,(H,43,45)(H,46,47). The van der Waals surface area contributed by atoms with Crippen LogP contribution in [0.15, 0.2) is 109 Å². The Kier molecular flexibility index (Phi) is 11.0. The van der Waals surface area contributed by atoms with Crippen molar-refractivity contribution in [3.05, 3.63) is 126 Å². The number of carboxylic acids is 1. The highest BCUT2D eigenvalue weighted by atomic mass is 19.4. The molecule has 260 valence electrons. The molecule has 0 heterocycles. The molecule has 5 rings (SSSR count). The van der Waals surface area contributed by atoms with Crippen LogP contribution in [0.4, 0.5) is 24.5 Å². The van der Waals surface area contributed by atoms with Gasteiger partial charge in [-0.25, -0.2) is 4.79 Å². The molecule has 0 bridgehead atoms. The summed E-state index contributed by atoms with van der Waals surface area (Å²) in [6.07, 6.45) is -4.96. The maximum Gasteiger partial charge on any atom is 0.418 e. The highest BCUT2D eigenvalue weighted by Crippen LogP contribution is 2.39. The third-order valence-corrected chi connectivity index (χ3v) is 7.98. The smallest absolute Gasteiger partial charge is 0.418 e. The Morgan fingerprint density at radius 2 is 1.52 bits per heavy atom. The minimum atomic E-state index is -4.76. The van der Waals surface area contributed by atoms with Crippen molar-refractivity contribution in [3.8, 4) is 17.2 Å². The second kappa shape index (κ2) is 15.3. The summed E-state index contributed by atoms with van der Waals surface area (Å²) in [5.74, 6) is -0.927. The lowest BCUT2D eigenvalue weighted by molar-refractivity contribution is -0.152. The zero-order chi connectivity index (χ0) is 35.9. The first-order chi connectivity index (χ1) is 23.8. The fourth-order valence-corrected chi connectivity index (χ4v) is 5.39. The normalized spacial score (nSPS) is 11.6. The number of halogens is 3. The van der Waals surface area contributed by atoms with E-state index >= 15 is 0 Å². The van der Waals surface area contributed by atoms with E-state index in [1.54, 1.807) is 43.5 Å². The lowest BCUT2D eigenvalue weighted by Gasteiger charge is -2.27. The van der Waals surface area contributed by atoms with Gasteiger partial charge in [-0.15, -0.1) is 0 Å². The minimum Gasteiger partial charge on any atom is -0.478 e. The number of aliphatic carboxylic acids is 1. The summed E-state index contributed by atoms with van der Waals surface area (Å²) in [7, 11) is 1.57. The van der Waals surface area contributed by atoms with Gasteiger partial charge in [-0.1, -0.05) is 66.7 Å². The fraction of sp³-hybridized carbons (Fsp3) is 0.231. The van der Waals surface area contributed by atoms with Crippen molar-refractivity contribution in [2.24, 2.45) is 0 Å². The monoisotopic (exact) mass is 686 g/mol. The Morgan fingerprint density at radius 1 is 0.840 bits per heavy atom. The number of carboxylic acid groups (broad SMARTS) is 1. The van der Waals surface area contributed by atoms with Crippen molar-refractivity contribution in [1.29, 1.82) is 0 Å². The van der Waals surface area contributed by atoms with Crippen LogP contribution in [-0.4, -0.2) is 42.8 Å². The van der Waals surface area contributed by atoms with Gasteiger partial charge in [-0.05, 0) is 72.8 Å². The average Bonchev–Trinajstić information content (AvgIpc) is 3.08. The molecular formula is C39H37F3N2O6. The van der Waals surface area contributed by atoms with E-state index < -0.39 is 29.2 Å². The molecule has 11 heteroatoms. The largest absolute Gasteiger partial charge is 0.478 e. The number of methoxy groups -OCH3 is 1. The zero-order valence-corrected chi connectivity index (χ0v) is 27.8. The number of hydrogen-bond acceptors (Lipinski definition) is 6. The SMILES string of the molecule is COCCN(Cc1ccc(OC(C)(C)C(=O)O)cc1)c1ccccc1CC(=O)Nc1ccc(Oc2cccc3ccccc23)cc1C(F)(F)F. The van der Waals surface area contributed by atoms with E-state index in [1.807, 2.05) is 59.5 Å². The van der Waals surface area contributed by atoms with Crippen LogP contribution in [0.5, 0.6) is 17.2 Å². The van der Waals surface area contributed by atoms with Gasteiger partial charge in [0.25, 0.3) is 0 Å². The molecule has 2 N–H and O–H groups in total. The number of carbonyl (C=O) groups is 2. The first-order valence-electron chi connectivity index (χ1n) is 15.8. The van der Waals surface area contributed by atoms with Crippen LogP contribution in [0, 0.1) is 0 Å². The third kappa shape index (κ3) is 8.91. The number of benzene rings is 5. The predicted molar refractivity (Wildman–Crippen MR) is 186 cm³/mol. The molecule has 0 aliphatic carbocycles. The lowest BCUT2D eigenvalue weighted by Crippen LogP contribution is -2.37. The average molecular weight is 687 g/mol. The molecule has 0 fully saturated rings. The highest BCUT2D eigenvalue weighted by molar-refractivity contribution is 5.94. The van der Waals surface area contributed by atoms with E-state index in [9.17, 15) is 27.9 Å². The number of hydrogen-bond donors (Lipinski definition) is 2. The van der Waals surface area contributed by atoms with Gasteiger partial charge in [0.2, 0.25) is 5.91 Å². The number of alkyl halides is 3. The number of ether oxygens (including phenoxy) is 3. The number of rotatable bonds is 14. The third-order valence-electron chi connectivity index (χ3n) is 7.98. The zero-order valence-electron chi connectivity index (χ0n) is 27.8. The van der Waals surface area contributed by atoms with Crippen molar-refractivity contribution < 1.29 is 42.1 Å². The highest BCUT2D eigenvalue weighted by Gasteiger charge is 2.35. The molecule has 0 aliphatic heterocycles. The molecule has 0 radical (unpaired) electrons. The second-order valence-corrected chi connectivity index (χ2v) is 12.1. The van der Waals surface area contributed by atoms with Gasteiger partial charge in [0.05, 0.1) is 24.3 Å². The van der Waals surface area contributed by atoms with Crippen LogP contribution in [-0.2, 0) is 33.5 Å². The summed E-state index contributed by atoms with van der Waals surface area (Å²) in [5.41, 5.74) is -0.621. The Morgan fingerprint density at radius 3 is 2.24 bits per heavy atom. The number of para-hydroxylation sites is 1. The van der Waals surface area contributed by atoms with Crippen LogP contribution in [0.25, 0.3) is 10.8 Å². The molecule has 8 nitrogen and oxygen atoms in total. The van der Waals surface area contributed by atoms with Crippen molar-refractivity contribution in [2.75, 3.05) is 30.5 Å². The van der Waals surface area contributed by atoms with E-state index in [1.165, 1.54) is 26.0 Å². The second-order valence-electron chi connectivity index (χ2n) is 12.1. The maximum atomic E-state index is 14.3. The van der Waals surface area contributed by atoms with Gasteiger partial charge in [0.15, 0.2) is 5.60 Å². The summed E-state index contributed by atoms with van der Waals surface area (Å²) in [4.78, 5) is 26.8. The van der Waals surface area contributed by atoms with E-state index in [0.29, 0.717) is 42.4 Å². The first kappa shape index (κ1) is 35.7. The number of fused-ring (bicyclic) bond motifs is 1. The molecule has 0 aliphatic rings. The van der Waals surface area contributed by atoms with Crippen LogP contribution in [0.1, 0.15) is 30.5 Å². The molecular weight excluding hydrogens is 649 g/mol. The molecule has 0 spiro atoms. The van der Waals surface area contributed by atoms with Gasteiger partial charge >= 0.3 is 12.1 Å². The summed E-state index contributed by atoms with van der Waals surface area (Å²) in [6.45, 7) is 4.15. The van der Waals surface area contributed by atoms with Crippen molar-refractivity contribution in [3.63, 3.8) is 0 Å². The molecule has 50 heavy (non-hydrogen) atoms. The molecule has 5 aromatic rings. The Labute approximate surface area is 288 Å². The number of nitrogens with one attached hydrogen (secondary N) is 1. The van der Waals surface area contributed by atoms with Gasteiger partial charge < -0.3 is 29.5 Å². The molecule has 0 saturated heterocycles. The fourth-order valence-electron chi connectivity index (χ4n) is 5.39. The van der Waals surface area contributed by atoms with Crippen molar-refractivity contribution in [1.82, 2.24) is 0 Å². The van der Waals surface area contributed by atoms with Gasteiger partial charge in [0.1, 0.15) is 17.2 Å². The summed E-state index contributed by atoms with van der Waals surface area (Å²) in [5, 5.41) is 13.5. The molecule has 1 amide bonds. The summed E-state index contributed by atoms with van der Waals surface area (Å²) < 4.78 is 59.6. The van der Waals surface area contributed by atoms with E-state index in [2.05, 4.69) is 5.32 Å². The number of carbonyl (C=O) groups excluding carboxylic acids is 1. The Balaban J connectivity index is 1.34. The molecule has 0 saturated carbocycles. The molecule has 0 aromatic heterocycles. The number of amides is 1. The van der Waals surface area contributed by atoms with Gasteiger partial charge in [-0.2, -0.15) is 13.2 Å². The predicted octanol–water partition coefficient (Wildman–Crippen LogP) is 8.73. The molecule has 0 unspecified atom stereocenters. The first-order valence-corrected chi connectivity index (χ1v) is 15.8. The molecule has 0 atom stereocenters. The number of nitrogens with zero attached hydrogens (tertiary/aromatic N) is 1. The Hall–Kier alpha value is -5.55. The Bertz CT molecular complexity index is 1960. The van der Waals surface area contributed by atoms with Crippen LogP contribution in [0.2, 0.25) is 0 Å². The lowest BCUT2D eigenvalue weighted by atomic mass is 10.1. The van der Waals surface area contributed by atoms with Crippen molar-refractivity contribution in [2.45, 2.75) is 38.6 Å². The topological polar surface area (TPSA) is 97.3 Å². The van der Waals surface area contributed by atoms with E-state index in [4.69, 9.17) is 14.2 Å². The van der Waals surface area contributed by atoms with E-state index in [-0.39, 0.29) is 17.9 Å². The minimum absolute atomic E-state index is 0.0176. The summed E-state index contributed by atoms with van der Waals surface area (Å²) >= 11 is 0. The van der Waals surface area contributed by atoms with E-state index in [0.717, 1.165) is 22.4 Å².